The largest absolute Gasteiger partial charge is 0.465 e. The fraction of sp³-hybridized carbons (Fsp3) is 0.116. The molecule has 0 radical (unpaired) electrons. The van der Waals surface area contributed by atoms with Gasteiger partial charge in [0.2, 0.25) is 0 Å². The van der Waals surface area contributed by atoms with Crippen LogP contribution in [0, 0.1) is 0 Å². The van der Waals surface area contributed by atoms with Crippen LogP contribution in [0.25, 0.3) is 22.3 Å². The Morgan fingerprint density at radius 1 is 0.378 bits per heavy atom. The molecule has 33 heteroatoms. The Labute approximate surface area is 723 Å². The SMILES string of the molecule is Brc1ccnc(Br)c1.Brc1ccnc(Nc2cnccn2)c1.C.CCc1cc(-c2ccnc(N(Cc3ccc(C(=O)NO)cc3)c3cnccn3)c2)ccn1.CCc1cc(-c2ccnc(N(Cc3ccc(C(=O)OC)cc3)c3cnccn3)c2)ccn1.COC(=O)c1ccc(CN(c2cnccn2)c2cc(Br)ccn2)cc1.Nc1cnccn1.[3H][3H]. The predicted octanol–water partition coefficient (Wildman–Crippen LogP) is 18.3. The summed E-state index contributed by atoms with van der Waals surface area (Å²) in [6, 6.07) is 48.9. The van der Waals surface area contributed by atoms with Gasteiger partial charge in [-0.1, -0.05) is 105 Å². The van der Waals surface area contributed by atoms with Gasteiger partial charge in [-0.05, 0) is 189 Å². The number of carbonyl (C=O) groups excluding carboxylic acids is 3. The van der Waals surface area contributed by atoms with Crippen molar-refractivity contribution in [2.45, 2.75) is 53.8 Å². The molecule has 0 aliphatic rings. The first-order valence-corrected chi connectivity index (χ1v) is 39.1. The summed E-state index contributed by atoms with van der Waals surface area (Å²) in [5, 5.41) is 11.8. The van der Waals surface area contributed by atoms with E-state index in [1.807, 2.05) is 136 Å². The maximum absolute atomic E-state index is 11.7. The summed E-state index contributed by atoms with van der Waals surface area (Å²) in [7, 11) is 2.74. The monoisotopic (exact) mass is 1850 g/mol. The number of hydrogen-bond acceptors (Lipinski definition) is 28. The molecule has 0 aliphatic heterocycles. The van der Waals surface area contributed by atoms with Crippen molar-refractivity contribution in [1.29, 1.82) is 0 Å². The van der Waals surface area contributed by atoms with Crippen molar-refractivity contribution in [1.82, 2.24) is 90.2 Å². The molecular weight excluding hydrogens is 1770 g/mol. The lowest BCUT2D eigenvalue weighted by molar-refractivity contribution is 0.0592. The minimum absolute atomic E-state index is 0. The van der Waals surface area contributed by atoms with Crippen molar-refractivity contribution in [2.75, 3.05) is 40.0 Å². The van der Waals surface area contributed by atoms with E-state index in [4.69, 9.17) is 23.4 Å². The lowest BCUT2D eigenvalue weighted by Gasteiger charge is -2.23. The molecular formula is C86H81Br4N23O6. The Morgan fingerprint density at radius 2 is 0.723 bits per heavy atom. The van der Waals surface area contributed by atoms with Gasteiger partial charge in [-0.2, -0.15) is 0 Å². The summed E-state index contributed by atoms with van der Waals surface area (Å²) in [4.78, 5) is 113. The van der Waals surface area contributed by atoms with Crippen LogP contribution < -0.4 is 31.2 Å². The molecule has 0 aliphatic carbocycles. The van der Waals surface area contributed by atoms with Crippen LogP contribution in [0.15, 0.2) is 312 Å². The second kappa shape index (κ2) is 47.4. The maximum Gasteiger partial charge on any atom is 0.337 e. The topological polar surface area (TPSA) is 369 Å². The molecule has 5 N–H and O–H groups in total. The third-order valence-corrected chi connectivity index (χ3v) is 18.3. The molecule has 15 aromatic rings. The zero-order chi connectivity index (χ0) is 85.2. The average molecular weight is 1860 g/mol. The molecule has 12 heterocycles. The number of hydrogen-bond donors (Lipinski definition) is 4. The number of amides is 1. The van der Waals surface area contributed by atoms with Gasteiger partial charge in [0, 0.05) is 139 Å². The summed E-state index contributed by atoms with van der Waals surface area (Å²) in [5.74, 6) is 4.82. The van der Waals surface area contributed by atoms with Gasteiger partial charge in [0.1, 0.15) is 39.5 Å². The molecule has 119 heavy (non-hydrogen) atoms. The lowest BCUT2D eigenvalue weighted by Crippen LogP contribution is -2.20. The third-order valence-electron chi connectivity index (χ3n) is 16.4. The molecule has 1 amide bonds. The van der Waals surface area contributed by atoms with Crippen molar-refractivity contribution in [3.8, 4) is 22.3 Å². The van der Waals surface area contributed by atoms with Crippen LogP contribution in [-0.2, 0) is 41.9 Å². The van der Waals surface area contributed by atoms with E-state index in [1.165, 1.54) is 20.4 Å². The van der Waals surface area contributed by atoms with Crippen molar-refractivity contribution in [3.05, 3.63) is 357 Å². The summed E-state index contributed by atoms with van der Waals surface area (Å²) < 4.78 is 23.3. The number of nitrogens with two attached hydrogens (primary N) is 1. The number of benzene rings is 3. The Balaban J connectivity index is 0.000000192. The molecule has 0 saturated carbocycles. The van der Waals surface area contributed by atoms with E-state index in [-0.39, 0.29) is 19.4 Å². The van der Waals surface area contributed by atoms with Crippen LogP contribution >= 0.6 is 63.7 Å². The number of pyridine rings is 7. The standard InChI is InChI=1S/C25H23N5O2.C24H22N6O2.C18H15BrN4O2.C9H7BrN4.C5H3Br2N.C4H5N3.CH4.H2/c1-3-22-14-20(8-10-27-22)21-9-11-28-23(15-21)30(24-16-26-12-13-29-24)17-18-4-6-19(7-5-18)25(31)32-2;1-2-21-13-19(7-9-26-21)20-8-10-27-22(14-20)30(23-15-25-11-12-28-23)16-17-3-5-18(6-4-17)24(31)29-32;1-25-18(24)14-4-2-13(3-5-14)12-23(17-11-20-8-9-22-17)16-10-15(19)6-7-21-16;10-7-1-2-12-8(5-7)14-9-6-11-3-4-13-9;6-4-1-2-8-5(7)3-4;5-4-3-6-1-2-7-4;;/h4-16H,3,17H2,1-2H3;3-15,32H,2,16H2,1H3,(H,29,31);2-11H,12H2,1H3;1-6H,(H,12,13,14);1-3H;1-3H,(H2,5,7);1H4;1H/i;;;;;;;1+2T. The average Bonchev–Trinajstić information content (AvgIpc) is 0.816. The number of aryl methyl sites for hydroxylation is 2. The van der Waals surface area contributed by atoms with E-state index in [2.05, 4.69) is 180 Å². The number of nitrogens with one attached hydrogen (secondary N) is 2. The molecule has 15 rings (SSSR count). The van der Waals surface area contributed by atoms with Crippen molar-refractivity contribution in [2.24, 2.45) is 0 Å². The molecule has 0 spiro atoms. The number of methoxy groups -OCH3 is 2. The highest BCUT2D eigenvalue weighted by Gasteiger charge is 2.19. The highest BCUT2D eigenvalue weighted by molar-refractivity contribution is 9.11. The van der Waals surface area contributed by atoms with E-state index in [0.717, 1.165) is 104 Å². The van der Waals surface area contributed by atoms with Gasteiger partial charge in [0.25, 0.3) is 5.91 Å². The minimum Gasteiger partial charge on any atom is -0.465 e. The molecule has 0 bridgehead atoms. The van der Waals surface area contributed by atoms with Crippen molar-refractivity contribution < 1.29 is 32.0 Å². The maximum atomic E-state index is 11.7. The van der Waals surface area contributed by atoms with Gasteiger partial charge in [-0.15, -0.1) is 0 Å². The third kappa shape index (κ3) is 28.4. The molecule has 604 valence electrons. The number of hydroxylamine groups is 1. The zero-order valence-electron chi connectivity index (χ0n) is 65.8. The highest BCUT2D eigenvalue weighted by Crippen LogP contribution is 2.32. The fourth-order valence-corrected chi connectivity index (χ4v) is 12.3. The van der Waals surface area contributed by atoms with Crippen LogP contribution in [0.5, 0.6) is 0 Å². The van der Waals surface area contributed by atoms with Crippen LogP contribution in [0.3, 0.4) is 0 Å². The number of halogens is 4. The van der Waals surface area contributed by atoms with Crippen LogP contribution in [0.1, 0.15) is 83.4 Å². The van der Waals surface area contributed by atoms with E-state index in [9.17, 15) is 14.4 Å². The number of nitrogen functional groups attached to an aromatic ring is 1. The minimum atomic E-state index is -0.555. The normalized spacial score (nSPS) is 10.2. The molecule has 0 atom stereocenters. The number of carbonyl (C=O) groups is 3. The number of nitrogens with zero attached hydrogens (tertiary/aromatic N) is 20. The van der Waals surface area contributed by atoms with E-state index in [1.54, 1.807) is 160 Å². The van der Waals surface area contributed by atoms with E-state index >= 15 is 0 Å². The summed E-state index contributed by atoms with van der Waals surface area (Å²) in [6.45, 7) is 5.67. The number of esters is 2. The Hall–Kier alpha value is -13.6. The Bertz CT molecular complexity index is 5440. The molecule has 0 saturated heterocycles. The van der Waals surface area contributed by atoms with Gasteiger partial charge >= 0.3 is 11.9 Å². The lowest BCUT2D eigenvalue weighted by atomic mass is 10.1. The predicted molar refractivity (Wildman–Crippen MR) is 473 cm³/mol. The van der Waals surface area contributed by atoms with Crippen molar-refractivity contribution >= 4 is 134 Å². The zero-order valence-corrected chi connectivity index (χ0v) is 70.1. The molecule has 12 aromatic heterocycles. The van der Waals surface area contributed by atoms with Gasteiger partial charge in [0.05, 0.1) is 76.0 Å². The summed E-state index contributed by atoms with van der Waals surface area (Å²) >= 11 is 13.3. The first-order valence-electron chi connectivity index (χ1n) is 36.9. The van der Waals surface area contributed by atoms with E-state index in [0.29, 0.717) is 65.4 Å². The smallest absolute Gasteiger partial charge is 0.337 e. The van der Waals surface area contributed by atoms with Gasteiger partial charge in [0.15, 0.2) is 17.5 Å². The number of aromatic nitrogens is 17. The van der Waals surface area contributed by atoms with Gasteiger partial charge in [-0.3, -0.25) is 44.9 Å². The fourth-order valence-electron chi connectivity index (χ4n) is 10.6. The van der Waals surface area contributed by atoms with E-state index < -0.39 is 5.91 Å². The van der Waals surface area contributed by atoms with Crippen LogP contribution in [0.4, 0.5) is 52.4 Å². The molecule has 3 aromatic carbocycles. The molecule has 0 unspecified atom stereocenters. The first kappa shape index (κ1) is 87.8. The number of anilines is 9. The van der Waals surface area contributed by atoms with Gasteiger partial charge < -0.3 is 35.2 Å². The Morgan fingerprint density at radius 3 is 1.06 bits per heavy atom. The van der Waals surface area contributed by atoms with Crippen molar-refractivity contribution in [3.63, 3.8) is 0 Å². The number of rotatable bonds is 21. The summed E-state index contributed by atoms with van der Waals surface area (Å²) in [5.41, 5.74) is 17.4. The number of ether oxygens (including phenoxy) is 2. The first-order chi connectivity index (χ1) is 58.5. The Kier molecular flexibility index (Phi) is 35.0. The second-order valence-electron chi connectivity index (χ2n) is 24.4. The quantitative estimate of drug-likeness (QED) is 0.0225. The molecule has 0 fully saturated rings. The van der Waals surface area contributed by atoms with Gasteiger partial charge in [-0.25, -0.2) is 64.9 Å². The highest BCUT2D eigenvalue weighted by atomic mass is 79.9. The summed E-state index contributed by atoms with van der Waals surface area (Å²) in [6.07, 6.45) is 38.5. The van der Waals surface area contributed by atoms with Crippen LogP contribution in [0.2, 0.25) is 0 Å². The molecule has 29 nitrogen and oxygen atoms in total. The van der Waals surface area contributed by atoms with Crippen LogP contribution in [-0.4, -0.2) is 122 Å². The second-order valence-corrected chi connectivity index (χ2v) is 27.9.